The van der Waals surface area contributed by atoms with E-state index in [0.717, 1.165) is 72.8 Å². The van der Waals surface area contributed by atoms with E-state index >= 15 is 14.4 Å². The Morgan fingerprint density at radius 2 is 1.34 bits per heavy atom. The van der Waals surface area contributed by atoms with Gasteiger partial charge in [-0.05, 0) is 120 Å². The zero-order valence-electron chi connectivity index (χ0n) is 60.2. The molecule has 114 heavy (non-hydrogen) atoms. The van der Waals surface area contributed by atoms with Crippen LogP contribution in [0.25, 0.3) is 0 Å². The van der Waals surface area contributed by atoms with E-state index in [1.807, 2.05) is 0 Å². The highest BCUT2D eigenvalue weighted by Gasteiger charge is 2.57. The summed E-state index contributed by atoms with van der Waals surface area (Å²) in [5, 5.41) is 167. The standard InChI is InChI=1S/C75H83Cl2N9O28/c1-3-4-5-15-109-35-8-6-7-29(16-35)26-80-75(2)65(98)49(28-88)113-74(66(75)99)114-64-62(97)61(96)48(27-87)112-63(64)53-46-20-33-21-47(53)111-45-14-11-32(19-39(45)77)60(95)58-71(104)85-56(73(107)108)37-22-34(89)23-43(91)52(37)36-17-30(9-12-42(36)90)54(68(101)86-58)84-69(102)55(33)83-67(100)40(24-50(78)92)82-70(103)57(81-41(72(105)106)25-51(79)93)59(94)31-10-13-44(110-46)38(76)18-31/h3,6-14,16,18-23,36,40-41,48-49,54-66,74,80-81,87-91,94-99H,1,4-5,15,17,24-28H2,2H3,(H2,78,92)(H2,79,93)(H,82,103)(H,83,100)(H,84,102)(H,85,104)(H,86,101)(H,105,106)(H,107,108). The summed E-state index contributed by atoms with van der Waals surface area (Å²) in [6, 6.07) is 0.817. The van der Waals surface area contributed by atoms with E-state index in [1.54, 1.807) is 30.3 Å². The number of amides is 7. The van der Waals surface area contributed by atoms with Crippen LogP contribution in [0.4, 0.5) is 0 Å². The van der Waals surface area contributed by atoms with Crippen LogP contribution in [0.5, 0.6) is 40.2 Å². The summed E-state index contributed by atoms with van der Waals surface area (Å²) < 4.78 is 38.7. The Hall–Kier alpha value is -10.6. The first-order valence-corrected chi connectivity index (χ1v) is 36.3. The maximum Gasteiger partial charge on any atom is 0.330 e. The highest BCUT2D eigenvalue weighted by atomic mass is 35.5. The molecule has 37 nitrogen and oxygen atoms in total. The van der Waals surface area contributed by atoms with Crippen molar-refractivity contribution >= 4 is 76.5 Å². The average Bonchev–Trinajstić information content (AvgIpc) is 0.742. The van der Waals surface area contributed by atoms with Gasteiger partial charge in [0.25, 0.3) is 0 Å². The summed E-state index contributed by atoms with van der Waals surface area (Å²) >= 11 is 14.2. The number of phenolic OH excluding ortho intramolecular Hbond substituents is 2. The number of carboxylic acid groups (broad SMARTS) is 2. The molecule has 0 aromatic heterocycles. The molecule has 0 saturated carbocycles. The van der Waals surface area contributed by atoms with Crippen LogP contribution in [0.15, 0.2) is 121 Å². The second kappa shape index (κ2) is 35.4. The number of aliphatic carboxylic acids is 2. The lowest BCUT2D eigenvalue weighted by atomic mass is 9.79. The molecule has 0 radical (unpaired) electrons. The summed E-state index contributed by atoms with van der Waals surface area (Å²) in [7, 11) is 0. The van der Waals surface area contributed by atoms with Crippen LogP contribution in [0.1, 0.15) is 114 Å². The Morgan fingerprint density at radius 1 is 0.693 bits per heavy atom. The van der Waals surface area contributed by atoms with Gasteiger partial charge in [0.1, 0.15) is 143 Å². The van der Waals surface area contributed by atoms with Gasteiger partial charge < -0.3 is 138 Å². The first kappa shape index (κ1) is 84.3. The van der Waals surface area contributed by atoms with E-state index in [-0.39, 0.29) is 23.2 Å². The van der Waals surface area contributed by atoms with Crippen molar-refractivity contribution in [2.45, 2.75) is 167 Å². The molecule has 13 rings (SSSR count). The zero-order valence-corrected chi connectivity index (χ0v) is 61.7. The molecule has 610 valence electrons. The second-order valence-electron chi connectivity index (χ2n) is 28.1. The minimum atomic E-state index is -2.47. The van der Waals surface area contributed by atoms with Gasteiger partial charge in [0.2, 0.25) is 41.4 Å². The number of rotatable bonds is 21. The van der Waals surface area contributed by atoms with E-state index in [9.17, 15) is 95.2 Å². The van der Waals surface area contributed by atoms with Crippen molar-refractivity contribution in [3.05, 3.63) is 170 Å². The van der Waals surface area contributed by atoms with Crippen LogP contribution < -0.4 is 62.9 Å². The molecule has 20 unspecified atom stereocenters. The second-order valence-corrected chi connectivity index (χ2v) is 28.9. The Balaban J connectivity index is 1.15. The number of hydrogen-bond acceptors (Lipinski definition) is 28. The molecule has 11 bridgehead atoms. The van der Waals surface area contributed by atoms with E-state index in [2.05, 4.69) is 43.8 Å². The number of carboxylic acids is 2. The molecular weight excluding hydrogens is 1550 g/mol. The molecule has 5 aromatic carbocycles. The average molecular weight is 1630 g/mol. The van der Waals surface area contributed by atoms with Gasteiger partial charge in [0.05, 0.1) is 53.8 Å². The number of benzene rings is 5. The molecule has 20 atom stereocenters. The Labute approximate surface area is 657 Å². The summed E-state index contributed by atoms with van der Waals surface area (Å²) in [4.78, 5) is 129. The van der Waals surface area contributed by atoms with Crippen LogP contribution in [-0.2, 0) is 63.9 Å². The van der Waals surface area contributed by atoms with E-state index in [1.165, 1.54) is 6.92 Å². The van der Waals surface area contributed by atoms with Crippen LogP contribution in [0.3, 0.4) is 0 Å². The monoisotopic (exact) mass is 1630 g/mol. The molecule has 5 aromatic rings. The minimum absolute atomic E-state index is 0.101. The molecule has 39 heteroatoms. The number of ether oxygens (including phenoxy) is 6. The predicted molar refractivity (Wildman–Crippen MR) is 392 cm³/mol. The number of nitrogens with one attached hydrogen (secondary N) is 7. The van der Waals surface area contributed by atoms with Gasteiger partial charge in [-0.15, -0.1) is 6.58 Å². The third-order valence-electron chi connectivity index (χ3n) is 20.4. The maximum absolute atomic E-state index is 16.3. The number of fused-ring (bicyclic) bond motifs is 15. The van der Waals surface area contributed by atoms with Crippen LogP contribution in [0, 0.1) is 0 Å². The number of aliphatic hydroxyl groups is 9. The third-order valence-corrected chi connectivity index (χ3v) is 21.0. The van der Waals surface area contributed by atoms with Gasteiger partial charge in [0.15, 0.2) is 12.3 Å². The number of primary amides is 2. The number of nitrogens with two attached hydrogens (primary N) is 2. The number of hydrogen-bond donors (Lipinski definition) is 22. The number of allylic oxidation sites excluding steroid dienone is 4. The predicted octanol–water partition coefficient (Wildman–Crippen LogP) is -0.460. The van der Waals surface area contributed by atoms with Crippen molar-refractivity contribution < 1.29 is 138 Å². The number of aromatic hydroxyl groups is 2. The van der Waals surface area contributed by atoms with Crippen molar-refractivity contribution in [2.75, 3.05) is 19.8 Å². The molecule has 0 spiro atoms. The molecule has 2 fully saturated rings. The number of carbonyl (C=O) groups excluding carboxylic acids is 7. The third kappa shape index (κ3) is 18.0. The van der Waals surface area contributed by atoms with Gasteiger partial charge >= 0.3 is 11.9 Å². The molecule has 7 aliphatic heterocycles. The highest BCUT2D eigenvalue weighted by molar-refractivity contribution is 6.32. The number of halogens is 2. The lowest BCUT2D eigenvalue weighted by molar-refractivity contribution is -0.341. The van der Waals surface area contributed by atoms with Crippen LogP contribution in [0.2, 0.25) is 10.0 Å². The fourth-order valence-electron chi connectivity index (χ4n) is 14.3. The molecular formula is C75H83Cl2N9O28. The van der Waals surface area contributed by atoms with Gasteiger partial charge in [-0.2, -0.15) is 0 Å². The largest absolute Gasteiger partial charge is 0.512 e. The first-order valence-electron chi connectivity index (χ1n) is 35.6. The van der Waals surface area contributed by atoms with E-state index in [4.69, 9.17) is 63.1 Å². The maximum atomic E-state index is 16.3. The number of phenols is 2. The Bertz CT molecular complexity index is 4650. The van der Waals surface area contributed by atoms with Gasteiger partial charge in [-0.3, -0.25) is 43.7 Å². The van der Waals surface area contributed by atoms with Crippen LogP contribution >= 0.6 is 23.2 Å². The van der Waals surface area contributed by atoms with Gasteiger partial charge in [-0.25, -0.2) is 4.79 Å². The fraction of sp³-hybridized carbons (Fsp3) is 0.400. The lowest BCUT2D eigenvalue weighted by Crippen LogP contribution is -2.72. The summed E-state index contributed by atoms with van der Waals surface area (Å²) in [5.41, 5.74) is 6.71. The highest BCUT2D eigenvalue weighted by Crippen LogP contribution is 2.51. The molecule has 1 aliphatic carbocycles. The number of carbonyl (C=O) groups is 9. The van der Waals surface area contributed by atoms with Crippen molar-refractivity contribution in [1.29, 1.82) is 0 Å². The van der Waals surface area contributed by atoms with E-state index in [0.29, 0.717) is 30.8 Å². The Morgan fingerprint density at radius 3 is 1.96 bits per heavy atom. The van der Waals surface area contributed by atoms with Gasteiger partial charge in [0, 0.05) is 24.1 Å². The fourth-order valence-corrected chi connectivity index (χ4v) is 14.8. The lowest BCUT2D eigenvalue weighted by Gasteiger charge is -2.51. The zero-order chi connectivity index (χ0) is 82.6. The molecule has 7 amide bonds. The molecule has 7 heterocycles. The van der Waals surface area contributed by atoms with Crippen molar-refractivity contribution in [3.63, 3.8) is 0 Å². The van der Waals surface area contributed by atoms with E-state index < -0.39 is 279 Å². The smallest absolute Gasteiger partial charge is 0.330 e. The summed E-state index contributed by atoms with van der Waals surface area (Å²) in [6.07, 6.45) is -20.5. The minimum Gasteiger partial charge on any atom is -0.512 e. The molecule has 2 saturated heterocycles. The molecule has 8 aliphatic rings. The van der Waals surface area contributed by atoms with Crippen molar-refractivity contribution in [3.8, 4) is 40.2 Å². The summed E-state index contributed by atoms with van der Waals surface area (Å²) in [6.45, 7) is 3.28. The topological polar surface area (TPSA) is 608 Å². The Kier molecular flexibility index (Phi) is 26.2. The van der Waals surface area contributed by atoms with Crippen molar-refractivity contribution in [2.24, 2.45) is 11.5 Å². The number of aliphatic hydroxyl groups excluding tert-OH is 9. The SMILES string of the molecule is C=CCCCOc1cccc(CNC2(C)C(O)C(CO)OC(OC3C(c4c5cc6cc4Oc4ccc(cc4Cl)C(O)C(NC(CC(N)=O)C(=O)O)C(=O)NC(CC(N)=O)C(=O)NC6C(=O)NC4C(=O)NC(C(=O)NC(C(=O)O)c6cc(O)cc(O)c6C6CC4=CC=C6O)C(O)c4ccc(c(Cl)c4)O5)OC(CO)C(O)C3O)C2O)c1. The first-order chi connectivity index (χ1) is 54.1. The normalized spacial score (nSPS) is 29.3. The van der Waals surface area contributed by atoms with Crippen molar-refractivity contribution in [1.82, 2.24) is 37.2 Å². The van der Waals surface area contributed by atoms with Crippen LogP contribution in [-0.4, -0.2) is 224 Å². The molecule has 24 N–H and O–H groups in total. The summed E-state index contributed by atoms with van der Waals surface area (Å²) in [5.74, 6) is -19.4. The quantitative estimate of drug-likeness (QED) is 0.0326. The van der Waals surface area contributed by atoms with Gasteiger partial charge in [-0.1, -0.05) is 59.6 Å². The number of unbranched alkanes of at least 4 members (excludes halogenated alkanes) is 1.